The maximum absolute atomic E-state index is 13.8. The Morgan fingerprint density at radius 1 is 0.926 bits per heavy atom. The van der Waals surface area contributed by atoms with Crippen molar-refractivity contribution < 1.29 is 27.5 Å². The molecular weight excluding hydrogens is 709 g/mol. The van der Waals surface area contributed by atoms with Gasteiger partial charge in [0, 0.05) is 37.7 Å². The van der Waals surface area contributed by atoms with Crippen LogP contribution in [0.2, 0.25) is 0 Å². The van der Waals surface area contributed by atoms with E-state index in [9.17, 15) is 27.6 Å². The zero-order chi connectivity index (χ0) is 38.6. The van der Waals surface area contributed by atoms with E-state index in [0.29, 0.717) is 49.1 Å². The van der Waals surface area contributed by atoms with Crippen molar-refractivity contribution >= 4 is 44.5 Å². The summed E-state index contributed by atoms with van der Waals surface area (Å²) in [5, 5.41) is 14.6. The number of H-pyrrole nitrogens is 2. The first kappa shape index (κ1) is 38.8. The predicted octanol–water partition coefficient (Wildman–Crippen LogP) is 5.61. The summed E-state index contributed by atoms with van der Waals surface area (Å²) in [7, 11) is -3.59. The van der Waals surface area contributed by atoms with Crippen LogP contribution in [0.5, 0.6) is 0 Å². The fraction of sp³-hybridized carbons (Fsp3) is 0.450. The summed E-state index contributed by atoms with van der Waals surface area (Å²) in [6, 6.07) is 16.8. The summed E-state index contributed by atoms with van der Waals surface area (Å²) in [6.07, 6.45) is 4.22. The number of hydrogen-bond acceptors (Lipinski definition) is 7. The van der Waals surface area contributed by atoms with Gasteiger partial charge in [0.2, 0.25) is 21.8 Å². The molecule has 14 heteroatoms. The van der Waals surface area contributed by atoms with E-state index in [4.69, 9.17) is 4.74 Å². The summed E-state index contributed by atoms with van der Waals surface area (Å²) < 4.78 is 33.5. The Labute approximate surface area is 315 Å². The van der Waals surface area contributed by atoms with Crippen molar-refractivity contribution in [1.82, 2.24) is 25.1 Å². The van der Waals surface area contributed by atoms with Crippen LogP contribution >= 0.6 is 0 Å². The number of benzene rings is 3. The summed E-state index contributed by atoms with van der Waals surface area (Å²) in [6.45, 7) is 8.91. The summed E-state index contributed by atoms with van der Waals surface area (Å²) >= 11 is 0. The highest BCUT2D eigenvalue weighted by atomic mass is 32.2. The molecule has 1 saturated heterocycles. The molecule has 54 heavy (non-hydrogen) atoms. The SMILES string of the molecule is Cc1ccc(S(=O)(=O)N2CCCC2)cc1-c1ccc(C[C@H](NC(=O)[C@H]2CC[C@H](CNC(=O)OC(C)(C)C)CC2)C(=O)Nc2ccc3c(=O)[nH][nH]c3c2)cc1. The minimum absolute atomic E-state index is 0.206. The van der Waals surface area contributed by atoms with E-state index in [2.05, 4.69) is 26.1 Å². The number of aryl methyl sites for hydroxylation is 1. The molecule has 1 aliphatic carbocycles. The Balaban J connectivity index is 1.15. The van der Waals surface area contributed by atoms with Crippen LogP contribution in [0.4, 0.5) is 10.5 Å². The predicted molar refractivity (Wildman–Crippen MR) is 207 cm³/mol. The normalized spacial score (nSPS) is 18.6. The van der Waals surface area contributed by atoms with Gasteiger partial charge in [0.05, 0.1) is 15.8 Å². The molecule has 2 fully saturated rings. The van der Waals surface area contributed by atoms with Gasteiger partial charge in [-0.25, -0.2) is 13.2 Å². The van der Waals surface area contributed by atoms with Crippen molar-refractivity contribution in [3.63, 3.8) is 0 Å². The molecule has 0 radical (unpaired) electrons. The van der Waals surface area contributed by atoms with Gasteiger partial charge in [-0.3, -0.25) is 24.6 Å². The molecule has 1 saturated carbocycles. The van der Waals surface area contributed by atoms with Crippen LogP contribution < -0.4 is 21.5 Å². The lowest BCUT2D eigenvalue weighted by Gasteiger charge is -2.29. The van der Waals surface area contributed by atoms with Gasteiger partial charge in [0.15, 0.2) is 0 Å². The van der Waals surface area contributed by atoms with Gasteiger partial charge >= 0.3 is 6.09 Å². The Kier molecular flexibility index (Phi) is 11.6. The van der Waals surface area contributed by atoms with Crippen LogP contribution in [0.3, 0.4) is 0 Å². The second kappa shape index (κ2) is 16.2. The lowest BCUT2D eigenvalue weighted by molar-refractivity contribution is -0.130. The molecule has 2 aliphatic rings. The maximum Gasteiger partial charge on any atom is 0.407 e. The topological polar surface area (TPSA) is 183 Å². The first-order valence-electron chi connectivity index (χ1n) is 18.6. The number of carbonyl (C=O) groups is 3. The van der Waals surface area contributed by atoms with Gasteiger partial charge in [-0.2, -0.15) is 4.31 Å². The van der Waals surface area contributed by atoms with Crippen molar-refractivity contribution in [2.24, 2.45) is 11.8 Å². The molecule has 4 aromatic rings. The molecule has 0 unspecified atom stereocenters. The number of rotatable bonds is 11. The van der Waals surface area contributed by atoms with E-state index < -0.39 is 33.7 Å². The van der Waals surface area contributed by atoms with E-state index in [1.165, 1.54) is 4.31 Å². The third-order valence-electron chi connectivity index (χ3n) is 10.2. The van der Waals surface area contributed by atoms with Gasteiger partial charge < -0.3 is 20.7 Å². The first-order valence-corrected chi connectivity index (χ1v) is 20.1. The minimum Gasteiger partial charge on any atom is -0.444 e. The molecule has 5 N–H and O–H groups in total. The zero-order valence-corrected chi connectivity index (χ0v) is 32.1. The number of sulfonamides is 1. The molecule has 1 atom stereocenters. The first-order chi connectivity index (χ1) is 25.7. The van der Waals surface area contributed by atoms with Crippen LogP contribution in [-0.4, -0.2) is 72.1 Å². The highest BCUT2D eigenvalue weighted by Gasteiger charge is 2.31. The molecule has 2 heterocycles. The third kappa shape index (κ3) is 9.40. The molecule has 3 aromatic carbocycles. The largest absolute Gasteiger partial charge is 0.444 e. The highest BCUT2D eigenvalue weighted by Crippen LogP contribution is 2.31. The number of aromatic nitrogens is 2. The smallest absolute Gasteiger partial charge is 0.407 e. The van der Waals surface area contributed by atoms with Crippen molar-refractivity contribution in [2.75, 3.05) is 25.0 Å². The number of hydrogen-bond donors (Lipinski definition) is 5. The number of anilines is 1. The number of alkyl carbamates (subject to hydrolysis) is 1. The van der Waals surface area contributed by atoms with Crippen molar-refractivity contribution in [1.29, 1.82) is 0 Å². The van der Waals surface area contributed by atoms with Gasteiger partial charge in [0.1, 0.15) is 11.6 Å². The molecule has 13 nitrogen and oxygen atoms in total. The number of amides is 3. The number of ether oxygens (including phenoxy) is 1. The minimum atomic E-state index is -3.59. The van der Waals surface area contributed by atoms with Crippen LogP contribution in [0.1, 0.15) is 70.4 Å². The molecule has 6 rings (SSSR count). The molecular formula is C40H50N6O7S. The summed E-state index contributed by atoms with van der Waals surface area (Å²) in [5.74, 6) is -0.676. The second-order valence-electron chi connectivity index (χ2n) is 15.5. The van der Waals surface area contributed by atoms with E-state index in [-0.39, 0.29) is 34.6 Å². The number of nitrogens with zero attached hydrogens (tertiary/aromatic N) is 1. The Morgan fingerprint density at radius 3 is 2.31 bits per heavy atom. The monoisotopic (exact) mass is 758 g/mol. The number of carbonyl (C=O) groups excluding carboxylic acids is 3. The second-order valence-corrected chi connectivity index (χ2v) is 17.4. The van der Waals surface area contributed by atoms with Gasteiger partial charge in [-0.1, -0.05) is 30.3 Å². The summed E-state index contributed by atoms with van der Waals surface area (Å²) in [4.78, 5) is 51.9. The van der Waals surface area contributed by atoms with Crippen molar-refractivity contribution in [3.8, 4) is 11.1 Å². The number of nitrogens with one attached hydrogen (secondary N) is 5. The van der Waals surface area contributed by atoms with E-state index in [0.717, 1.165) is 47.9 Å². The average molecular weight is 759 g/mol. The molecule has 0 spiro atoms. The van der Waals surface area contributed by atoms with Crippen LogP contribution in [0.15, 0.2) is 70.4 Å². The molecule has 288 valence electrons. The highest BCUT2D eigenvalue weighted by molar-refractivity contribution is 7.89. The standard InChI is InChI=1S/C40H50N6O7S/c1-25-7-17-31(54(51,52)46-19-5-6-20-46)23-33(25)28-12-8-26(9-13-28)21-35(38(49)42-30-16-18-32-34(22-30)44-45-37(32)48)43-36(47)29-14-10-27(11-15-29)24-41-39(50)53-40(2,3)4/h7-9,12-13,16-18,22-23,27,29,35H,5-6,10-11,14-15,19-21,24H2,1-4H3,(H,41,50)(H,42,49)(H,43,47)(H2,44,45,48)/t27-,29-,35-/m0/s1. The van der Waals surface area contributed by atoms with Crippen molar-refractivity contribution in [3.05, 3.63) is 82.1 Å². The fourth-order valence-electron chi connectivity index (χ4n) is 7.22. The van der Waals surface area contributed by atoms with E-state index in [1.807, 2.05) is 58.0 Å². The van der Waals surface area contributed by atoms with Crippen LogP contribution in [0, 0.1) is 18.8 Å². The van der Waals surface area contributed by atoms with Crippen LogP contribution in [-0.2, 0) is 30.8 Å². The van der Waals surface area contributed by atoms with Crippen LogP contribution in [0.25, 0.3) is 22.0 Å². The van der Waals surface area contributed by atoms with E-state index >= 15 is 0 Å². The average Bonchev–Trinajstić information content (AvgIpc) is 3.81. The lowest BCUT2D eigenvalue weighted by Crippen LogP contribution is -2.48. The Morgan fingerprint density at radius 2 is 1.63 bits per heavy atom. The molecule has 1 aliphatic heterocycles. The quantitative estimate of drug-likeness (QED) is 0.132. The van der Waals surface area contributed by atoms with Gasteiger partial charge in [0.25, 0.3) is 5.56 Å². The van der Waals surface area contributed by atoms with Gasteiger partial charge in [-0.05, 0) is 125 Å². The van der Waals surface area contributed by atoms with Crippen molar-refractivity contribution in [2.45, 2.75) is 89.2 Å². The Hall–Kier alpha value is -4.95. The zero-order valence-electron chi connectivity index (χ0n) is 31.3. The van der Waals surface area contributed by atoms with Gasteiger partial charge in [-0.15, -0.1) is 0 Å². The molecule has 1 aromatic heterocycles. The summed E-state index contributed by atoms with van der Waals surface area (Å²) in [5.41, 5.74) is 3.55. The number of aromatic amines is 2. The molecule has 3 amide bonds. The lowest BCUT2D eigenvalue weighted by atomic mass is 9.81. The van der Waals surface area contributed by atoms with E-state index in [1.54, 1.807) is 30.3 Å². The third-order valence-corrected chi connectivity index (χ3v) is 12.1. The fourth-order valence-corrected chi connectivity index (χ4v) is 8.76. The Bertz CT molecular complexity index is 2160. The molecule has 0 bridgehead atoms. The number of fused-ring (bicyclic) bond motifs is 1. The maximum atomic E-state index is 13.8.